The van der Waals surface area contributed by atoms with Gasteiger partial charge >= 0.3 is 5.97 Å². The van der Waals surface area contributed by atoms with Crippen LogP contribution in [0.4, 0.5) is 0 Å². The van der Waals surface area contributed by atoms with Crippen molar-refractivity contribution < 1.29 is 28.5 Å². The van der Waals surface area contributed by atoms with Crippen LogP contribution in [0.2, 0.25) is 0 Å². The lowest BCUT2D eigenvalue weighted by Gasteiger charge is -2.16. The molecule has 4 rings (SSSR count). The highest BCUT2D eigenvalue weighted by atomic mass is 16.5. The van der Waals surface area contributed by atoms with Crippen molar-refractivity contribution in [3.63, 3.8) is 0 Å². The number of esters is 1. The van der Waals surface area contributed by atoms with Gasteiger partial charge < -0.3 is 23.7 Å². The maximum atomic E-state index is 13.8. The molecule has 4 aromatic rings. The van der Waals surface area contributed by atoms with Crippen LogP contribution in [-0.2, 0) is 37.4 Å². The van der Waals surface area contributed by atoms with E-state index in [1.807, 2.05) is 30.3 Å². The second-order valence-corrected chi connectivity index (χ2v) is 21.7. The molecule has 0 saturated carbocycles. The number of hydrogen-bond donors (Lipinski definition) is 0. The fourth-order valence-electron chi connectivity index (χ4n) is 9.91. The molecule has 0 heterocycles. The Balaban J connectivity index is 1.48. The summed E-state index contributed by atoms with van der Waals surface area (Å²) in [7, 11) is 0. The Morgan fingerprint density at radius 2 is 0.737 bits per heavy atom. The van der Waals surface area contributed by atoms with Crippen molar-refractivity contribution in [1.82, 2.24) is 0 Å². The summed E-state index contributed by atoms with van der Waals surface area (Å²) in [6, 6.07) is 26.0. The predicted octanol–water partition coefficient (Wildman–Crippen LogP) is 20.6. The molecule has 0 aromatic heterocycles. The molecule has 0 saturated heterocycles. The van der Waals surface area contributed by atoms with E-state index in [1.54, 1.807) is 12.1 Å². The van der Waals surface area contributed by atoms with E-state index in [-0.39, 0.29) is 6.61 Å². The monoisotopic (exact) mass is 1040 g/mol. The van der Waals surface area contributed by atoms with Crippen LogP contribution in [0.3, 0.4) is 0 Å². The highest BCUT2D eigenvalue weighted by Crippen LogP contribution is 2.30. The number of hydrogen-bond acceptors (Lipinski definition) is 6. The van der Waals surface area contributed by atoms with E-state index in [1.165, 1.54) is 191 Å². The van der Waals surface area contributed by atoms with Gasteiger partial charge in [-0.05, 0) is 103 Å². The minimum atomic E-state index is -0.458. The lowest BCUT2D eigenvalue weighted by atomic mass is 10.0. The van der Waals surface area contributed by atoms with Crippen molar-refractivity contribution in [2.75, 3.05) is 13.2 Å². The minimum absolute atomic E-state index is 0.116. The van der Waals surface area contributed by atoms with Gasteiger partial charge in [-0.15, -0.1) is 6.42 Å². The lowest BCUT2D eigenvalue weighted by molar-refractivity contribution is 0.0471. The van der Waals surface area contributed by atoms with Gasteiger partial charge in [-0.25, -0.2) is 4.79 Å². The van der Waals surface area contributed by atoms with Crippen molar-refractivity contribution in [2.24, 2.45) is 0 Å². The summed E-state index contributed by atoms with van der Waals surface area (Å²) in [6.07, 6.45) is 48.6. The average molecular weight is 1040 g/mol. The van der Waals surface area contributed by atoms with Crippen molar-refractivity contribution in [3.8, 4) is 35.3 Å². The Morgan fingerprint density at radius 3 is 1.12 bits per heavy atom. The van der Waals surface area contributed by atoms with E-state index in [9.17, 15) is 4.79 Å². The smallest absolute Gasteiger partial charge is 0.338 e. The molecule has 0 spiro atoms. The molecule has 0 aliphatic carbocycles. The van der Waals surface area contributed by atoms with Gasteiger partial charge in [0.1, 0.15) is 42.8 Å². The van der Waals surface area contributed by atoms with Crippen LogP contribution < -0.4 is 18.9 Å². The minimum Gasteiger partial charge on any atom is -0.493 e. The van der Waals surface area contributed by atoms with E-state index in [0.717, 1.165) is 85.5 Å². The molecule has 6 nitrogen and oxygen atoms in total. The molecule has 76 heavy (non-hydrogen) atoms. The largest absolute Gasteiger partial charge is 0.493 e. The topological polar surface area (TPSA) is 63.2 Å². The Morgan fingerprint density at radius 1 is 0.382 bits per heavy atom. The van der Waals surface area contributed by atoms with Crippen LogP contribution in [0, 0.1) is 12.3 Å². The fraction of sp³-hybridized carbons (Fsp3) is 0.614. The van der Waals surface area contributed by atoms with Crippen molar-refractivity contribution in [2.45, 2.75) is 266 Å². The second-order valence-electron chi connectivity index (χ2n) is 21.7. The molecule has 0 radical (unpaired) electrons. The van der Waals surface area contributed by atoms with Crippen molar-refractivity contribution >= 4 is 5.97 Å². The number of ether oxygens (including phenoxy) is 5. The highest BCUT2D eigenvalue weighted by molar-refractivity contribution is 5.90. The number of carbonyl (C=O) groups is 1. The molecule has 0 aliphatic rings. The summed E-state index contributed by atoms with van der Waals surface area (Å²) >= 11 is 0. The van der Waals surface area contributed by atoms with E-state index in [0.29, 0.717) is 30.3 Å². The predicted molar refractivity (Wildman–Crippen MR) is 320 cm³/mol. The van der Waals surface area contributed by atoms with Crippen LogP contribution in [0.25, 0.3) is 0 Å². The molecule has 0 atom stereocenters. The summed E-state index contributed by atoms with van der Waals surface area (Å²) in [5.74, 6) is 5.18. The lowest BCUT2D eigenvalue weighted by Crippen LogP contribution is -2.07. The summed E-state index contributed by atoms with van der Waals surface area (Å²) in [4.78, 5) is 13.8. The van der Waals surface area contributed by atoms with Crippen LogP contribution in [0.5, 0.6) is 23.0 Å². The zero-order valence-electron chi connectivity index (χ0n) is 48.6. The van der Waals surface area contributed by atoms with Gasteiger partial charge in [0.2, 0.25) is 0 Å². The van der Waals surface area contributed by atoms with Gasteiger partial charge in [0.15, 0.2) is 0 Å². The normalized spacial score (nSPS) is 11.1. The first kappa shape index (κ1) is 63.6. The number of terminal acetylenes is 1. The van der Waals surface area contributed by atoms with Crippen LogP contribution in [-0.4, -0.2) is 19.2 Å². The SMILES string of the molecule is C#Cc1ccc(COC(=O)c2cc(OCc3ccc(CCCCCCCCCC)c(OCCCCCCCCCC)c3)cc(OCc3ccc(CCCCCCCCCC)c(OCCCCCCCCCC)c3)c2)cc1. The molecule has 0 aliphatic heterocycles. The van der Waals surface area contributed by atoms with Crippen LogP contribution in [0.15, 0.2) is 78.9 Å². The first-order valence-electron chi connectivity index (χ1n) is 31.1. The molecule has 0 N–H and O–H groups in total. The van der Waals surface area contributed by atoms with Crippen LogP contribution in [0.1, 0.15) is 277 Å². The molecule has 4 aromatic carbocycles. The number of rotatable bonds is 47. The summed E-state index contributed by atoms with van der Waals surface area (Å²) < 4.78 is 32.1. The van der Waals surface area contributed by atoms with Crippen molar-refractivity contribution in [1.29, 1.82) is 0 Å². The average Bonchev–Trinajstić information content (AvgIpc) is 3.44. The molecule has 0 amide bonds. The summed E-state index contributed by atoms with van der Waals surface area (Å²) in [5, 5.41) is 0. The van der Waals surface area contributed by atoms with E-state index in [4.69, 9.17) is 30.1 Å². The Hall–Kier alpha value is -4.89. The quantitative estimate of drug-likeness (QED) is 0.0250. The molecule has 0 unspecified atom stereocenters. The third kappa shape index (κ3) is 28.5. The van der Waals surface area contributed by atoms with Crippen molar-refractivity contribution in [3.05, 3.63) is 118 Å². The van der Waals surface area contributed by atoms with E-state index >= 15 is 0 Å². The molecular weight excluding hydrogens is 937 g/mol. The van der Waals surface area contributed by atoms with Gasteiger partial charge in [0, 0.05) is 11.6 Å². The van der Waals surface area contributed by atoms with Gasteiger partial charge in [-0.1, -0.05) is 250 Å². The van der Waals surface area contributed by atoms with Gasteiger partial charge in [-0.3, -0.25) is 0 Å². The van der Waals surface area contributed by atoms with E-state index < -0.39 is 5.97 Å². The maximum absolute atomic E-state index is 13.8. The molecular formula is C70H104O6. The zero-order valence-corrected chi connectivity index (χ0v) is 48.6. The first-order chi connectivity index (χ1) is 37.5. The number of benzene rings is 4. The fourth-order valence-corrected chi connectivity index (χ4v) is 9.91. The van der Waals surface area contributed by atoms with Gasteiger partial charge in [0.25, 0.3) is 0 Å². The molecule has 6 heteroatoms. The molecule has 420 valence electrons. The Labute approximate surface area is 464 Å². The zero-order chi connectivity index (χ0) is 53.9. The standard InChI is InChI=1S/C70H104O6/c1-6-11-15-19-23-27-31-35-39-63-47-45-61(51-68(63)72-49-37-33-29-25-21-17-13-8-3)57-74-66-53-65(70(71)76-56-60-43-41-59(10-5)42-44-60)54-67(55-66)75-58-62-46-48-64(40-36-32-28-24-20-16-12-7-2)69(52-62)73-50-38-34-30-26-22-18-14-9-4/h5,41-48,51-55H,6-9,11-40,49-50,56-58H2,1-4H3. The number of aryl methyl sites for hydroxylation is 2. The number of unbranched alkanes of at least 4 members (excludes halogenated alkanes) is 28. The summed E-state index contributed by atoms with van der Waals surface area (Å²) in [6.45, 7) is 11.3. The van der Waals surface area contributed by atoms with Crippen LogP contribution >= 0.6 is 0 Å². The van der Waals surface area contributed by atoms with Gasteiger partial charge in [0.05, 0.1) is 18.8 Å². The molecule has 0 bridgehead atoms. The first-order valence-corrected chi connectivity index (χ1v) is 31.1. The number of carbonyl (C=O) groups excluding carboxylic acids is 1. The Bertz CT molecular complexity index is 2020. The third-order valence-electron chi connectivity index (χ3n) is 14.8. The molecule has 0 fully saturated rings. The highest BCUT2D eigenvalue weighted by Gasteiger charge is 2.15. The third-order valence-corrected chi connectivity index (χ3v) is 14.8. The van der Waals surface area contributed by atoms with Gasteiger partial charge in [-0.2, -0.15) is 0 Å². The maximum Gasteiger partial charge on any atom is 0.338 e. The summed E-state index contributed by atoms with van der Waals surface area (Å²) in [5.41, 5.74) is 6.57. The van der Waals surface area contributed by atoms with E-state index in [2.05, 4.69) is 70.0 Å². The Kier molecular flexibility index (Phi) is 35.3. The second kappa shape index (κ2) is 42.2.